The second kappa shape index (κ2) is 2.85. The lowest BCUT2D eigenvalue weighted by molar-refractivity contribution is 0.494. The van der Waals surface area contributed by atoms with E-state index < -0.39 is 0 Å². The Kier molecular flexibility index (Phi) is 2.09. The van der Waals surface area contributed by atoms with Gasteiger partial charge in [0.1, 0.15) is 0 Å². The first-order valence-electron chi connectivity index (χ1n) is 3.53. The predicted molar refractivity (Wildman–Crippen MR) is 39.8 cm³/mol. The van der Waals surface area contributed by atoms with Gasteiger partial charge in [0.15, 0.2) is 0 Å². The lowest BCUT2D eigenvalue weighted by Gasteiger charge is -2.14. The molecular formula is C7H14N2. The van der Waals surface area contributed by atoms with Gasteiger partial charge in [-0.1, -0.05) is 0 Å². The maximum absolute atomic E-state index is 4.35. The zero-order valence-corrected chi connectivity index (χ0v) is 6.22. The van der Waals surface area contributed by atoms with E-state index in [1.54, 1.807) is 0 Å². The molecule has 0 radical (unpaired) electrons. The summed E-state index contributed by atoms with van der Waals surface area (Å²) in [5, 5.41) is 0. The molecule has 0 aliphatic carbocycles. The molecule has 0 atom stereocenters. The summed E-state index contributed by atoms with van der Waals surface area (Å²) in [6.07, 6.45) is 2.54. The fourth-order valence-corrected chi connectivity index (χ4v) is 0.984. The molecule has 1 heterocycles. The fraction of sp³-hybridized carbons (Fsp3) is 0.857. The lowest BCUT2D eigenvalue weighted by Crippen LogP contribution is -2.23. The van der Waals surface area contributed by atoms with Crippen LogP contribution in [0.5, 0.6) is 0 Å². The SMILES string of the molecule is CC1=NCCCCN1C. The molecule has 0 N–H and O–H groups in total. The largest absolute Gasteiger partial charge is 0.364 e. The minimum Gasteiger partial charge on any atom is -0.364 e. The highest BCUT2D eigenvalue weighted by molar-refractivity contribution is 5.79. The number of aliphatic imine (C=N–C) groups is 1. The van der Waals surface area contributed by atoms with Crippen LogP contribution in [0.3, 0.4) is 0 Å². The molecule has 9 heavy (non-hydrogen) atoms. The van der Waals surface area contributed by atoms with E-state index in [2.05, 4.69) is 23.9 Å². The molecule has 0 spiro atoms. The van der Waals surface area contributed by atoms with Crippen molar-refractivity contribution in [1.29, 1.82) is 0 Å². The molecule has 0 aromatic rings. The van der Waals surface area contributed by atoms with Crippen molar-refractivity contribution in [3.05, 3.63) is 0 Å². The van der Waals surface area contributed by atoms with E-state index in [0.717, 1.165) is 6.54 Å². The molecule has 2 nitrogen and oxygen atoms in total. The van der Waals surface area contributed by atoms with Gasteiger partial charge in [-0.15, -0.1) is 0 Å². The van der Waals surface area contributed by atoms with Crippen molar-refractivity contribution in [2.24, 2.45) is 4.99 Å². The third-order valence-electron chi connectivity index (χ3n) is 1.79. The third-order valence-corrected chi connectivity index (χ3v) is 1.79. The van der Waals surface area contributed by atoms with Gasteiger partial charge in [-0.05, 0) is 19.8 Å². The summed E-state index contributed by atoms with van der Waals surface area (Å²) < 4.78 is 0. The second-order valence-corrected chi connectivity index (χ2v) is 2.56. The molecule has 0 amide bonds. The summed E-state index contributed by atoms with van der Waals surface area (Å²) in [5.74, 6) is 1.19. The highest BCUT2D eigenvalue weighted by atomic mass is 15.2. The normalized spacial score (nSPS) is 21.1. The quantitative estimate of drug-likeness (QED) is 0.475. The smallest absolute Gasteiger partial charge is 0.0954 e. The Morgan fingerprint density at radius 2 is 2.22 bits per heavy atom. The number of rotatable bonds is 0. The van der Waals surface area contributed by atoms with Crippen LogP contribution >= 0.6 is 0 Å². The van der Waals surface area contributed by atoms with Gasteiger partial charge in [-0.3, -0.25) is 4.99 Å². The molecule has 0 saturated heterocycles. The Bertz CT molecular complexity index is 118. The van der Waals surface area contributed by atoms with Crippen LogP contribution in [0.4, 0.5) is 0 Å². The molecule has 0 unspecified atom stereocenters. The Morgan fingerprint density at radius 1 is 1.44 bits per heavy atom. The van der Waals surface area contributed by atoms with Crippen molar-refractivity contribution in [2.45, 2.75) is 19.8 Å². The summed E-state index contributed by atoms with van der Waals surface area (Å²) in [5.41, 5.74) is 0. The first-order valence-corrected chi connectivity index (χ1v) is 3.53. The van der Waals surface area contributed by atoms with Crippen LogP contribution in [0.15, 0.2) is 4.99 Å². The average Bonchev–Trinajstić information content (AvgIpc) is 1.99. The van der Waals surface area contributed by atoms with Gasteiger partial charge in [0.2, 0.25) is 0 Å². The monoisotopic (exact) mass is 126 g/mol. The zero-order valence-electron chi connectivity index (χ0n) is 6.22. The van der Waals surface area contributed by atoms with Gasteiger partial charge in [0.05, 0.1) is 5.84 Å². The van der Waals surface area contributed by atoms with Gasteiger partial charge in [-0.25, -0.2) is 0 Å². The van der Waals surface area contributed by atoms with Crippen molar-refractivity contribution in [1.82, 2.24) is 4.90 Å². The van der Waals surface area contributed by atoms with Crippen LogP contribution < -0.4 is 0 Å². The summed E-state index contributed by atoms with van der Waals surface area (Å²) in [6, 6.07) is 0. The Balaban J connectivity index is 2.51. The number of amidine groups is 1. The summed E-state index contributed by atoms with van der Waals surface area (Å²) in [6.45, 7) is 4.27. The van der Waals surface area contributed by atoms with Gasteiger partial charge in [-0.2, -0.15) is 0 Å². The molecule has 2 heteroatoms. The predicted octanol–water partition coefficient (Wildman–Crippen LogP) is 1.13. The van der Waals surface area contributed by atoms with Crippen LogP contribution in [-0.4, -0.2) is 30.9 Å². The van der Waals surface area contributed by atoms with Crippen molar-refractivity contribution in [2.75, 3.05) is 20.1 Å². The van der Waals surface area contributed by atoms with Gasteiger partial charge in [0, 0.05) is 20.1 Å². The van der Waals surface area contributed by atoms with Crippen LogP contribution in [0, 0.1) is 0 Å². The second-order valence-electron chi connectivity index (χ2n) is 2.56. The van der Waals surface area contributed by atoms with E-state index in [9.17, 15) is 0 Å². The first kappa shape index (κ1) is 6.59. The van der Waals surface area contributed by atoms with E-state index in [1.807, 2.05) is 0 Å². The molecule has 1 rings (SSSR count). The molecular weight excluding hydrogens is 112 g/mol. The molecule has 1 aliphatic rings. The Morgan fingerprint density at radius 3 is 3.00 bits per heavy atom. The highest BCUT2D eigenvalue weighted by Gasteiger charge is 2.02. The number of nitrogens with zero attached hydrogens (tertiary/aromatic N) is 2. The summed E-state index contributed by atoms with van der Waals surface area (Å²) in [4.78, 5) is 6.56. The molecule has 0 aromatic carbocycles. The Labute approximate surface area is 56.6 Å². The van der Waals surface area contributed by atoms with Gasteiger partial charge in [0.25, 0.3) is 0 Å². The molecule has 0 bridgehead atoms. The number of hydrogen-bond donors (Lipinski definition) is 0. The van der Waals surface area contributed by atoms with Crippen LogP contribution in [0.25, 0.3) is 0 Å². The molecule has 0 fully saturated rings. The van der Waals surface area contributed by atoms with Crippen LogP contribution in [-0.2, 0) is 0 Å². The van der Waals surface area contributed by atoms with Crippen LogP contribution in [0.2, 0.25) is 0 Å². The van der Waals surface area contributed by atoms with Gasteiger partial charge >= 0.3 is 0 Å². The Hall–Kier alpha value is -0.530. The van der Waals surface area contributed by atoms with Crippen molar-refractivity contribution in [3.8, 4) is 0 Å². The maximum atomic E-state index is 4.35. The molecule has 1 aliphatic heterocycles. The van der Waals surface area contributed by atoms with E-state index in [1.165, 1.54) is 25.2 Å². The summed E-state index contributed by atoms with van der Waals surface area (Å²) in [7, 11) is 2.10. The topological polar surface area (TPSA) is 15.6 Å². The first-order chi connectivity index (χ1) is 4.30. The van der Waals surface area contributed by atoms with Crippen molar-refractivity contribution in [3.63, 3.8) is 0 Å². The van der Waals surface area contributed by atoms with E-state index in [-0.39, 0.29) is 0 Å². The maximum Gasteiger partial charge on any atom is 0.0954 e. The number of hydrogen-bond acceptors (Lipinski definition) is 2. The lowest BCUT2D eigenvalue weighted by atomic mass is 10.3. The summed E-state index contributed by atoms with van der Waals surface area (Å²) >= 11 is 0. The van der Waals surface area contributed by atoms with E-state index >= 15 is 0 Å². The molecule has 0 aromatic heterocycles. The minimum atomic E-state index is 1.02. The average molecular weight is 126 g/mol. The fourth-order valence-electron chi connectivity index (χ4n) is 0.984. The van der Waals surface area contributed by atoms with E-state index in [4.69, 9.17) is 0 Å². The van der Waals surface area contributed by atoms with Crippen molar-refractivity contribution < 1.29 is 0 Å². The highest BCUT2D eigenvalue weighted by Crippen LogP contribution is 2.00. The molecule has 52 valence electrons. The molecule has 0 saturated carbocycles. The van der Waals surface area contributed by atoms with E-state index in [0.29, 0.717) is 0 Å². The minimum absolute atomic E-state index is 1.02. The van der Waals surface area contributed by atoms with Crippen molar-refractivity contribution >= 4 is 5.84 Å². The van der Waals surface area contributed by atoms with Gasteiger partial charge < -0.3 is 4.90 Å². The van der Waals surface area contributed by atoms with Crippen LogP contribution in [0.1, 0.15) is 19.8 Å². The standard InChI is InChI=1S/C7H14N2/c1-7-8-5-3-4-6-9(7)2/h3-6H2,1-2H3. The third kappa shape index (κ3) is 1.70. The zero-order chi connectivity index (χ0) is 6.69.